The van der Waals surface area contributed by atoms with Gasteiger partial charge in [-0.05, 0) is 37.5 Å². The van der Waals surface area contributed by atoms with Crippen molar-refractivity contribution in [2.45, 2.75) is 64.2 Å². The molecule has 216 valence electrons. The predicted molar refractivity (Wildman–Crippen MR) is 152 cm³/mol. The molecular weight excluding hydrogens is 484 g/mol. The molecule has 1 saturated heterocycles. The van der Waals surface area contributed by atoms with Gasteiger partial charge in [0.1, 0.15) is 0 Å². The van der Waals surface area contributed by atoms with Gasteiger partial charge in [-0.15, -0.1) is 0 Å². The van der Waals surface area contributed by atoms with Crippen molar-refractivity contribution >= 4 is 24.0 Å². The number of piperazine rings is 1. The molecule has 4 amide bonds. The van der Waals surface area contributed by atoms with E-state index in [4.69, 9.17) is 11.5 Å². The molecule has 0 unspecified atom stereocenters. The Labute approximate surface area is 227 Å². The van der Waals surface area contributed by atoms with Gasteiger partial charge in [0.15, 0.2) is 11.9 Å². The highest BCUT2D eigenvalue weighted by Crippen LogP contribution is 2.23. The fourth-order valence-electron chi connectivity index (χ4n) is 5.52. The lowest BCUT2D eigenvalue weighted by Crippen LogP contribution is -2.48. The number of carbonyl (C=O) groups is 2. The summed E-state index contributed by atoms with van der Waals surface area (Å²) in [6.07, 6.45) is 12.4. The van der Waals surface area contributed by atoms with E-state index in [9.17, 15) is 9.59 Å². The first-order valence-electron chi connectivity index (χ1n) is 14.6. The highest BCUT2D eigenvalue weighted by Gasteiger charge is 2.17. The lowest BCUT2D eigenvalue weighted by atomic mass is 9.89. The number of amides is 4. The predicted octanol–water partition coefficient (Wildman–Crippen LogP) is 0.992. The van der Waals surface area contributed by atoms with Gasteiger partial charge >= 0.3 is 12.1 Å². The molecule has 0 aromatic carbocycles. The van der Waals surface area contributed by atoms with Gasteiger partial charge in [-0.25, -0.2) is 9.59 Å². The van der Waals surface area contributed by atoms with Crippen molar-refractivity contribution in [1.82, 2.24) is 31.1 Å². The first kappa shape index (κ1) is 29.9. The number of urea groups is 2. The summed E-state index contributed by atoms with van der Waals surface area (Å²) in [4.78, 5) is 37.3. The maximum absolute atomic E-state index is 12.0. The Kier molecular flexibility index (Phi) is 13.5. The number of nitrogens with two attached hydrogens (primary N) is 2. The smallest absolute Gasteiger partial charge is 0.321 e. The van der Waals surface area contributed by atoms with Crippen LogP contribution < -0.4 is 32.7 Å². The van der Waals surface area contributed by atoms with Crippen LogP contribution in [-0.4, -0.2) is 99.2 Å². The van der Waals surface area contributed by atoms with Gasteiger partial charge in [0.2, 0.25) is 0 Å². The highest BCUT2D eigenvalue weighted by atomic mass is 16.2. The van der Waals surface area contributed by atoms with Crippen LogP contribution in [0.4, 0.5) is 9.59 Å². The molecule has 8 N–H and O–H groups in total. The number of aliphatic imine (C=N–C) groups is 2. The van der Waals surface area contributed by atoms with E-state index < -0.39 is 0 Å². The SMILES string of the molecule is NC(=NCCN1CCN(CCN=C(N)NC(=O)NCC2CCCCC2)CC1)NC(=O)NCC1CCCCC1. The van der Waals surface area contributed by atoms with Crippen LogP contribution in [-0.2, 0) is 0 Å². The average molecular weight is 535 g/mol. The van der Waals surface area contributed by atoms with Crippen LogP contribution in [0.5, 0.6) is 0 Å². The van der Waals surface area contributed by atoms with Gasteiger partial charge in [0.25, 0.3) is 0 Å². The normalized spacial score (nSPS) is 21.2. The molecule has 2 saturated carbocycles. The van der Waals surface area contributed by atoms with Gasteiger partial charge in [-0.1, -0.05) is 38.5 Å². The van der Waals surface area contributed by atoms with Crippen LogP contribution in [0.1, 0.15) is 64.2 Å². The first-order valence-corrected chi connectivity index (χ1v) is 14.6. The summed E-state index contributed by atoms with van der Waals surface area (Å²) in [7, 11) is 0. The molecule has 1 aliphatic heterocycles. The van der Waals surface area contributed by atoms with Crippen molar-refractivity contribution in [1.29, 1.82) is 0 Å². The molecular formula is C26H50N10O2. The zero-order valence-corrected chi connectivity index (χ0v) is 23.1. The summed E-state index contributed by atoms with van der Waals surface area (Å²) >= 11 is 0. The molecule has 3 rings (SSSR count). The molecule has 0 spiro atoms. The first-order chi connectivity index (χ1) is 18.5. The Morgan fingerprint density at radius 3 is 1.37 bits per heavy atom. The molecule has 2 aliphatic carbocycles. The van der Waals surface area contributed by atoms with E-state index >= 15 is 0 Å². The molecule has 12 nitrogen and oxygen atoms in total. The molecule has 1 heterocycles. The Hall–Kier alpha value is -2.60. The summed E-state index contributed by atoms with van der Waals surface area (Å²) in [5.74, 6) is 1.48. The second kappa shape index (κ2) is 17.1. The lowest BCUT2D eigenvalue weighted by Gasteiger charge is -2.34. The summed E-state index contributed by atoms with van der Waals surface area (Å²) in [6.45, 7) is 7.83. The molecule has 12 heteroatoms. The van der Waals surface area contributed by atoms with Gasteiger partial charge in [-0.3, -0.25) is 30.4 Å². The van der Waals surface area contributed by atoms with Crippen molar-refractivity contribution in [2.24, 2.45) is 33.3 Å². The van der Waals surface area contributed by atoms with Crippen molar-refractivity contribution in [3.63, 3.8) is 0 Å². The van der Waals surface area contributed by atoms with Crippen LogP contribution >= 0.6 is 0 Å². The number of hydrogen-bond acceptors (Lipinski definition) is 6. The summed E-state index contributed by atoms with van der Waals surface area (Å²) in [6, 6.07) is -0.548. The number of nitrogens with one attached hydrogen (secondary N) is 4. The third kappa shape index (κ3) is 12.3. The second-order valence-electron chi connectivity index (χ2n) is 10.9. The number of nitrogens with zero attached hydrogens (tertiary/aromatic N) is 4. The number of carbonyl (C=O) groups excluding carboxylic acids is 2. The molecule has 0 aromatic heterocycles. The summed E-state index contributed by atoms with van der Waals surface area (Å²) in [5.41, 5.74) is 11.8. The average Bonchev–Trinajstić information content (AvgIpc) is 2.93. The minimum absolute atomic E-state index is 0.163. The van der Waals surface area contributed by atoms with E-state index in [1.54, 1.807) is 0 Å². The maximum atomic E-state index is 12.0. The van der Waals surface area contributed by atoms with Crippen molar-refractivity contribution in [3.8, 4) is 0 Å². The summed E-state index contributed by atoms with van der Waals surface area (Å²) < 4.78 is 0. The molecule has 3 fully saturated rings. The molecule has 0 radical (unpaired) electrons. The Morgan fingerprint density at radius 1 is 0.632 bits per heavy atom. The standard InChI is InChI=1S/C26H50N10O2/c27-23(33-25(37)31-19-21-7-3-1-4-8-21)29-11-13-35-15-17-36(18-16-35)14-12-30-24(28)34-26(38)32-20-22-9-5-2-6-10-22/h21-22H,1-20H2,(H4,27,29,31,33,37)(H4,28,30,32,34,38). The van der Waals surface area contributed by atoms with Gasteiger partial charge < -0.3 is 22.1 Å². The van der Waals surface area contributed by atoms with E-state index in [-0.39, 0.29) is 24.0 Å². The zero-order chi connectivity index (χ0) is 27.0. The highest BCUT2D eigenvalue weighted by molar-refractivity contribution is 5.95. The molecule has 38 heavy (non-hydrogen) atoms. The van der Waals surface area contributed by atoms with Gasteiger partial charge in [0, 0.05) is 52.4 Å². The van der Waals surface area contributed by atoms with Gasteiger partial charge in [0.05, 0.1) is 13.1 Å². The van der Waals surface area contributed by atoms with Crippen LogP contribution in [0.2, 0.25) is 0 Å². The third-order valence-corrected chi connectivity index (χ3v) is 7.90. The number of hydrogen-bond donors (Lipinski definition) is 6. The Balaban J connectivity index is 1.20. The fourth-order valence-corrected chi connectivity index (χ4v) is 5.52. The van der Waals surface area contributed by atoms with E-state index in [1.807, 2.05) is 0 Å². The minimum Gasteiger partial charge on any atom is -0.370 e. The lowest BCUT2D eigenvalue weighted by molar-refractivity contribution is 0.138. The number of rotatable bonds is 10. The second-order valence-corrected chi connectivity index (χ2v) is 10.9. The fraction of sp³-hybridized carbons (Fsp3) is 0.846. The molecule has 0 atom stereocenters. The quantitative estimate of drug-likeness (QED) is 0.181. The van der Waals surface area contributed by atoms with Gasteiger partial charge in [-0.2, -0.15) is 0 Å². The Bertz CT molecular complexity index is 706. The Morgan fingerprint density at radius 2 is 1.00 bits per heavy atom. The monoisotopic (exact) mass is 534 g/mol. The topological polar surface area (TPSA) is 166 Å². The van der Waals surface area contributed by atoms with Crippen LogP contribution in [0, 0.1) is 11.8 Å². The zero-order valence-electron chi connectivity index (χ0n) is 23.1. The molecule has 0 aromatic rings. The van der Waals surface area contributed by atoms with Crippen molar-refractivity contribution in [2.75, 3.05) is 65.4 Å². The summed E-state index contributed by atoms with van der Waals surface area (Å²) in [5, 5.41) is 11.1. The van der Waals surface area contributed by atoms with Crippen LogP contribution in [0.25, 0.3) is 0 Å². The largest absolute Gasteiger partial charge is 0.370 e. The van der Waals surface area contributed by atoms with E-state index in [0.29, 0.717) is 38.0 Å². The van der Waals surface area contributed by atoms with Crippen molar-refractivity contribution < 1.29 is 9.59 Å². The van der Waals surface area contributed by atoms with E-state index in [1.165, 1.54) is 64.2 Å². The maximum Gasteiger partial charge on any atom is 0.321 e. The molecule has 0 bridgehead atoms. The van der Waals surface area contributed by atoms with Crippen LogP contribution in [0.3, 0.4) is 0 Å². The number of guanidine groups is 2. The molecule has 3 aliphatic rings. The third-order valence-electron chi connectivity index (χ3n) is 7.90. The van der Waals surface area contributed by atoms with Crippen LogP contribution in [0.15, 0.2) is 9.98 Å². The van der Waals surface area contributed by atoms with E-state index in [0.717, 1.165) is 39.3 Å². The minimum atomic E-state index is -0.274. The van der Waals surface area contributed by atoms with E-state index in [2.05, 4.69) is 41.1 Å². The van der Waals surface area contributed by atoms with Crippen molar-refractivity contribution in [3.05, 3.63) is 0 Å².